The number of rotatable bonds is 57. The van der Waals surface area contributed by atoms with Gasteiger partial charge in [-0.1, -0.05) is 114 Å². The molecule has 1 saturated heterocycles. The maximum atomic E-state index is 12.5. The zero-order chi connectivity index (χ0) is 99.5. The Morgan fingerprint density at radius 3 is 0.949 bits per heavy atom. The summed E-state index contributed by atoms with van der Waals surface area (Å²) in [4.78, 5) is 123. The first-order chi connectivity index (χ1) is 66.4. The third-order valence-corrected chi connectivity index (χ3v) is 27.8. The fourth-order valence-electron chi connectivity index (χ4n) is 12.6. The van der Waals surface area contributed by atoms with Crippen molar-refractivity contribution in [3.05, 3.63) is 240 Å². The molecule has 752 valence electrons. The molecule has 0 spiro atoms. The topological polar surface area (TPSA) is 359 Å². The largest absolute Gasteiger partial charge is 1.00 e. The number of piperidine rings is 1. The van der Waals surface area contributed by atoms with E-state index in [0.29, 0.717) is 121 Å². The van der Waals surface area contributed by atoms with Gasteiger partial charge in [-0.3, -0.25) is 43.3 Å². The van der Waals surface area contributed by atoms with Crippen LogP contribution in [0.2, 0.25) is 0 Å². The SMILES string of the molecule is C1CCNCC1.CN(CC(=O)O)c1ccc(C=O)cc1.CN(CC(=O)[O-])c1ccc(/C=C/c2cccc[n+]2CCCC(=O)NCCSSCCNC(=O)CCC[n+]2ccccc2/C=C/c2ccc(N(C)CC(=O)[O-])cc2)cc1.Cc1cccc[n+]1CCCC(=O)NCCSSCCNC(=O)CCC[n+]1ccccc1C.Cc1ccccn1.O=C(CCCCl)NCCSSCCNC(=O)CCCCl.[Cl-]. The van der Waals surface area contributed by atoms with Gasteiger partial charge in [0.05, 0.1) is 25.0 Å². The van der Waals surface area contributed by atoms with E-state index in [1.165, 1.54) is 43.7 Å². The molecule has 0 atom stereocenters. The predicted molar refractivity (Wildman–Crippen MR) is 561 cm³/mol. The molecule has 0 saturated carbocycles. The van der Waals surface area contributed by atoms with E-state index in [0.717, 1.165) is 125 Å². The Morgan fingerprint density at radius 1 is 0.391 bits per heavy atom. The van der Waals surface area contributed by atoms with Crippen molar-refractivity contribution in [3.8, 4) is 0 Å². The van der Waals surface area contributed by atoms with Gasteiger partial charge in [-0.2, -0.15) is 9.13 Å². The normalized spacial score (nSPS) is 11.1. The number of carboxylic acid groups (broad SMARTS) is 3. The highest BCUT2D eigenvalue weighted by Crippen LogP contribution is 2.23. The first kappa shape index (κ1) is 122. The van der Waals surface area contributed by atoms with Crippen molar-refractivity contribution >= 4 is 189 Å². The Bertz CT molecular complexity index is 4590. The van der Waals surface area contributed by atoms with Crippen molar-refractivity contribution < 1.29 is 93.9 Å². The van der Waals surface area contributed by atoms with Gasteiger partial charge in [0.2, 0.25) is 46.8 Å². The molecule has 0 aliphatic carbocycles. The number of halogens is 3. The molecule has 1 aliphatic rings. The summed E-state index contributed by atoms with van der Waals surface area (Å²) < 4.78 is 8.57. The second kappa shape index (κ2) is 78.9. The zero-order valence-electron chi connectivity index (χ0n) is 80.2. The second-order valence-corrected chi connectivity index (χ2v) is 40.1. The number of aldehydes is 1. The number of amides is 6. The molecule has 1 aliphatic heterocycles. The summed E-state index contributed by atoms with van der Waals surface area (Å²) in [5.74, 6) is 3.31. The quantitative estimate of drug-likeness (QED) is 0.00582. The molecule has 5 aromatic heterocycles. The van der Waals surface area contributed by atoms with E-state index < -0.39 is 17.9 Å². The van der Waals surface area contributed by atoms with E-state index in [-0.39, 0.29) is 67.5 Å². The van der Waals surface area contributed by atoms with Crippen LogP contribution in [0.4, 0.5) is 17.1 Å². The number of aliphatic carboxylic acids is 3. The van der Waals surface area contributed by atoms with Crippen molar-refractivity contribution in [1.29, 1.82) is 0 Å². The fourth-order valence-corrected chi connectivity index (χ4v) is 18.4. The molecule has 6 amide bonds. The summed E-state index contributed by atoms with van der Waals surface area (Å²) in [5.41, 5.74) is 10.4. The highest BCUT2D eigenvalue weighted by Gasteiger charge is 2.16. The summed E-state index contributed by atoms with van der Waals surface area (Å²) in [6, 6.07) is 52.0. The standard InChI is InChI=1S/C44H52N6O6S2.C24H34N4O2S2.C12H22Cl2N2O2S2.C10H11NO3.C6H7N.C5H11N.ClH/c1-47(33-43(53)54)37-19-13-35(14-20-37)17-23-39-9-3-5-27-49(39)29-7-11-41(51)45-25-31-57-58-32-26-46-42(52)12-8-30-50-28-6-4-10-40(50)24-18-36-15-21-38(22-16-36)48(2)34-44(55)56;1-21-9-3-5-15-27(21)17-7-11-23(29)25-13-19-31-32-20-14-26-24(30)12-8-18-28-16-6-4-10-22(28)2;13-5-1-3-11(17)15-7-9-19-20-10-8-16-12(18)4-2-6-14;1-11(6-10(13)14)9-4-2-8(7-12)3-5-9;1-6-4-2-3-5-7-6;1-2-4-6-5-3-1;/h3-6,9-10,13-24,27-28H,7-8,11-12,25-26,29-34H2,1-2H3,(H2-2,45,46,51,52,53,54,55,56);3-6,9-10,15-16H,7-8,11-14,17-20H2,1-2H3;1-10H2,(H,15,17)(H,16,18);2-5,7H,6H2,1H3,(H,13,14);2-5H,1H3;6H,1-5H2;1H/p+1. The van der Waals surface area contributed by atoms with Crippen LogP contribution >= 0.6 is 88.0 Å². The van der Waals surface area contributed by atoms with Crippen LogP contribution < -0.4 is 92.8 Å². The molecular weight excluding hydrogens is 1930 g/mol. The van der Waals surface area contributed by atoms with Gasteiger partial charge in [0, 0.05) is 280 Å². The molecule has 8 N–H and O–H groups in total. The number of alkyl halides is 2. The predicted octanol–water partition coefficient (Wildman–Crippen LogP) is 8.41. The number of likely N-dealkylation sites (N-methyl/N-ethyl adjacent to an activating group) is 3. The second-order valence-electron chi connectivity index (χ2n) is 31.3. The summed E-state index contributed by atoms with van der Waals surface area (Å²) in [6.07, 6.45) is 30.4. The summed E-state index contributed by atoms with van der Waals surface area (Å²) in [6.45, 7) is 15.2. The molecule has 37 heteroatoms. The van der Waals surface area contributed by atoms with Crippen LogP contribution in [0, 0.1) is 20.8 Å². The maximum Gasteiger partial charge on any atom is 0.323 e. The minimum absolute atomic E-state index is 0. The Labute approximate surface area is 855 Å². The van der Waals surface area contributed by atoms with E-state index in [4.69, 9.17) is 28.3 Å². The lowest BCUT2D eigenvalue weighted by Gasteiger charge is -2.19. The van der Waals surface area contributed by atoms with Crippen molar-refractivity contribution in [3.63, 3.8) is 0 Å². The van der Waals surface area contributed by atoms with Gasteiger partial charge in [-0.05, 0) is 142 Å². The number of pyridine rings is 5. The first-order valence-electron chi connectivity index (χ1n) is 46.1. The number of hydrogen-bond donors (Lipinski definition) is 8. The molecule has 28 nitrogen and oxygen atoms in total. The maximum absolute atomic E-state index is 12.5. The summed E-state index contributed by atoms with van der Waals surface area (Å²) in [5, 5.41) is 51.2. The van der Waals surface area contributed by atoms with Crippen LogP contribution in [-0.4, -0.2) is 209 Å². The van der Waals surface area contributed by atoms with Gasteiger partial charge < -0.3 is 89.2 Å². The van der Waals surface area contributed by atoms with Crippen LogP contribution in [0.25, 0.3) is 24.3 Å². The number of anilines is 3. The average molecular weight is 2070 g/mol. The van der Waals surface area contributed by atoms with Crippen molar-refractivity contribution in [2.24, 2.45) is 0 Å². The highest BCUT2D eigenvalue weighted by molar-refractivity contribution is 8.77. The lowest BCUT2D eigenvalue weighted by Crippen LogP contribution is -3.00. The molecule has 1 fully saturated rings. The molecule has 3 aromatic carbocycles. The number of aromatic nitrogens is 5. The van der Waals surface area contributed by atoms with Gasteiger partial charge in [0.25, 0.3) is 0 Å². The van der Waals surface area contributed by atoms with E-state index in [2.05, 4.69) is 86.5 Å². The van der Waals surface area contributed by atoms with Gasteiger partial charge in [-0.25, -0.2) is 9.13 Å². The molecule has 0 radical (unpaired) electrons. The van der Waals surface area contributed by atoms with Crippen LogP contribution in [0.15, 0.2) is 195 Å². The number of carbonyl (C=O) groups excluding carboxylic acids is 9. The monoisotopic (exact) mass is 2070 g/mol. The Morgan fingerprint density at radius 2 is 0.688 bits per heavy atom. The van der Waals surface area contributed by atoms with Crippen LogP contribution in [0.5, 0.6) is 0 Å². The van der Waals surface area contributed by atoms with Gasteiger partial charge in [-0.15, -0.1) is 23.2 Å². The number of nitrogens with one attached hydrogen (secondary N) is 7. The molecule has 6 heterocycles. The molecule has 9 rings (SSSR count). The van der Waals surface area contributed by atoms with E-state index >= 15 is 0 Å². The third kappa shape index (κ3) is 61.5. The minimum atomic E-state index is -1.12. The van der Waals surface area contributed by atoms with Crippen LogP contribution in [-0.2, 0) is 69.3 Å². The Kier molecular flexibility index (Phi) is 69.9. The number of nitrogens with zero attached hydrogens (tertiary/aromatic N) is 8. The lowest BCUT2D eigenvalue weighted by atomic mass is 10.1. The molecule has 8 aromatic rings. The molecule has 0 bridgehead atoms. The number of carbonyl (C=O) groups is 10. The molecular formula is C101H139Cl3N15O13S6+. The van der Waals surface area contributed by atoms with Gasteiger partial charge >= 0.3 is 5.97 Å². The summed E-state index contributed by atoms with van der Waals surface area (Å²) >= 11 is 11.0. The first-order valence-corrected chi connectivity index (χ1v) is 54.7. The highest BCUT2D eigenvalue weighted by atomic mass is 35.5. The smallest absolute Gasteiger partial charge is 0.323 e. The Balaban J connectivity index is 0.000000506. The lowest BCUT2D eigenvalue weighted by molar-refractivity contribution is -0.703. The van der Waals surface area contributed by atoms with Gasteiger partial charge in [0.15, 0.2) is 36.2 Å². The third-order valence-electron chi connectivity index (χ3n) is 20.0. The molecule has 138 heavy (non-hydrogen) atoms. The fraction of sp³-hybridized carbons (Fsp3) is 0.436. The van der Waals surface area contributed by atoms with E-state index in [1.807, 2.05) is 183 Å². The number of aryl methyl sites for hydroxylation is 7. The van der Waals surface area contributed by atoms with Crippen molar-refractivity contribution in [2.75, 3.05) is 154 Å². The minimum Gasteiger partial charge on any atom is -1.00 e. The van der Waals surface area contributed by atoms with E-state index in [9.17, 15) is 58.2 Å². The number of hydrogen-bond acceptors (Lipinski definition) is 23. The number of benzene rings is 3. The van der Waals surface area contributed by atoms with Crippen molar-refractivity contribution in [2.45, 2.75) is 143 Å². The van der Waals surface area contributed by atoms with Crippen molar-refractivity contribution in [1.82, 2.24) is 42.2 Å². The van der Waals surface area contributed by atoms with Crippen LogP contribution in [0.1, 0.15) is 146 Å². The van der Waals surface area contributed by atoms with Crippen LogP contribution in [0.3, 0.4) is 0 Å². The van der Waals surface area contributed by atoms with E-state index in [1.54, 1.807) is 131 Å². The van der Waals surface area contributed by atoms with Gasteiger partial charge in [0.1, 0.15) is 39.0 Å². The summed E-state index contributed by atoms with van der Waals surface area (Å²) in [7, 11) is 15.3. The molecule has 0 unspecified atom stereocenters. The number of carboxylic acids is 3. The Hall–Kier alpha value is -9.88. The zero-order valence-corrected chi connectivity index (χ0v) is 87.4. The average Bonchev–Trinajstić information content (AvgIpc) is 0.884.